The lowest BCUT2D eigenvalue weighted by atomic mass is 10.4. The van der Waals surface area contributed by atoms with Gasteiger partial charge in [-0.2, -0.15) is 0 Å². The smallest absolute Gasteiger partial charge is 0.352 e. The van der Waals surface area contributed by atoms with E-state index in [1.807, 2.05) is 0 Å². The van der Waals surface area contributed by atoms with Crippen LogP contribution in [0.4, 0.5) is 5.69 Å². The Bertz CT molecular complexity index is 438. The first-order valence-corrected chi connectivity index (χ1v) is 4.62. The molecule has 1 N–H and O–H groups in total. The number of nitrogens with zero attached hydrogens (tertiary/aromatic N) is 2. The largest absolute Gasteiger partial charge is 0.477 e. The molecule has 7 heteroatoms. The molecule has 0 radical (unpaired) electrons. The van der Waals surface area contributed by atoms with Crippen molar-refractivity contribution >= 4 is 27.6 Å². The lowest BCUT2D eigenvalue weighted by Crippen LogP contribution is -2.07. The Morgan fingerprint density at radius 3 is 2.73 bits per heavy atom. The van der Waals surface area contributed by atoms with Crippen molar-refractivity contribution < 1.29 is 14.8 Å². The number of hydrogen-bond donors (Lipinski definition) is 1. The highest BCUT2D eigenvalue weighted by molar-refractivity contribution is 9.11. The van der Waals surface area contributed by atoms with E-state index in [2.05, 4.69) is 22.5 Å². The van der Waals surface area contributed by atoms with E-state index in [9.17, 15) is 14.9 Å². The zero-order valence-corrected chi connectivity index (χ0v) is 9.10. The van der Waals surface area contributed by atoms with Crippen LogP contribution in [-0.2, 0) is 6.54 Å². The lowest BCUT2D eigenvalue weighted by Gasteiger charge is -2.02. The molecule has 1 aromatic rings. The topological polar surface area (TPSA) is 85.4 Å². The van der Waals surface area contributed by atoms with Gasteiger partial charge in [-0.3, -0.25) is 10.1 Å². The van der Waals surface area contributed by atoms with Gasteiger partial charge in [-0.15, -0.1) is 0 Å². The van der Waals surface area contributed by atoms with Gasteiger partial charge in [0.05, 0.1) is 17.7 Å². The van der Waals surface area contributed by atoms with Gasteiger partial charge in [0.25, 0.3) is 5.69 Å². The number of halogens is 1. The summed E-state index contributed by atoms with van der Waals surface area (Å²) < 4.78 is 1.79. The number of nitro groups is 1. The van der Waals surface area contributed by atoms with Crippen LogP contribution in [-0.4, -0.2) is 20.6 Å². The second-order valence-corrected chi connectivity index (χ2v) is 3.91. The maximum atomic E-state index is 10.8. The van der Waals surface area contributed by atoms with Crippen LogP contribution >= 0.6 is 15.9 Å². The number of carboxylic acid groups (broad SMARTS) is 1. The number of allylic oxidation sites excluding steroid dienone is 1. The summed E-state index contributed by atoms with van der Waals surface area (Å²) >= 11 is 3.06. The molecular formula is C8H7BrN2O4. The van der Waals surface area contributed by atoms with Crippen LogP contribution in [0.3, 0.4) is 0 Å². The van der Waals surface area contributed by atoms with Crippen molar-refractivity contribution in [1.82, 2.24) is 4.57 Å². The lowest BCUT2D eigenvalue weighted by molar-refractivity contribution is -0.384. The van der Waals surface area contributed by atoms with Crippen molar-refractivity contribution in [3.05, 3.63) is 39.1 Å². The van der Waals surface area contributed by atoms with Gasteiger partial charge in [0.2, 0.25) is 0 Å². The molecular weight excluding hydrogens is 268 g/mol. The van der Waals surface area contributed by atoms with Crippen LogP contribution in [0.1, 0.15) is 10.5 Å². The van der Waals surface area contributed by atoms with Gasteiger partial charge in [0, 0.05) is 10.5 Å². The standard InChI is InChI=1S/C8H7BrN2O4/c1-5(9)3-10-4-6(11(14)15)2-7(10)8(12)13/h2,4H,1,3H2,(H,12,13). The van der Waals surface area contributed by atoms with E-state index in [1.54, 1.807) is 0 Å². The Hall–Kier alpha value is -1.63. The van der Waals surface area contributed by atoms with Crippen molar-refractivity contribution in [3.63, 3.8) is 0 Å². The summed E-state index contributed by atoms with van der Waals surface area (Å²) in [5, 5.41) is 19.2. The fourth-order valence-corrected chi connectivity index (χ4v) is 1.36. The van der Waals surface area contributed by atoms with Crippen LogP contribution in [0.5, 0.6) is 0 Å². The Balaban J connectivity index is 3.17. The van der Waals surface area contributed by atoms with Gasteiger partial charge >= 0.3 is 5.97 Å². The quantitative estimate of drug-likeness (QED) is 0.672. The summed E-state index contributed by atoms with van der Waals surface area (Å²) in [6.45, 7) is 3.71. The molecule has 0 saturated heterocycles. The van der Waals surface area contributed by atoms with E-state index < -0.39 is 10.9 Å². The molecule has 0 spiro atoms. The first-order valence-electron chi connectivity index (χ1n) is 3.83. The van der Waals surface area contributed by atoms with E-state index in [4.69, 9.17) is 5.11 Å². The average Bonchev–Trinajstić information content (AvgIpc) is 2.46. The summed E-state index contributed by atoms with van der Waals surface area (Å²) in [4.78, 5) is 20.6. The Kier molecular flexibility index (Phi) is 3.25. The molecule has 0 bridgehead atoms. The van der Waals surface area contributed by atoms with Gasteiger partial charge in [-0.1, -0.05) is 22.5 Å². The minimum absolute atomic E-state index is 0.137. The SMILES string of the molecule is C=C(Br)Cn1cc([N+](=O)[O-])cc1C(=O)O. The van der Waals surface area contributed by atoms with Crippen molar-refractivity contribution in [1.29, 1.82) is 0 Å². The molecule has 0 unspecified atom stereocenters. The number of carbonyl (C=O) groups is 1. The normalized spacial score (nSPS) is 9.93. The molecule has 6 nitrogen and oxygen atoms in total. The Morgan fingerprint density at radius 2 is 2.33 bits per heavy atom. The maximum Gasteiger partial charge on any atom is 0.352 e. The third-order valence-electron chi connectivity index (χ3n) is 1.65. The summed E-state index contributed by atoms with van der Waals surface area (Å²) in [7, 11) is 0. The molecule has 15 heavy (non-hydrogen) atoms. The number of rotatable bonds is 4. The van der Waals surface area contributed by atoms with E-state index in [1.165, 1.54) is 4.57 Å². The average molecular weight is 275 g/mol. The van der Waals surface area contributed by atoms with Crippen molar-refractivity contribution in [2.45, 2.75) is 6.54 Å². The van der Waals surface area contributed by atoms with Gasteiger partial charge in [0.15, 0.2) is 0 Å². The summed E-state index contributed by atoms with van der Waals surface area (Å²) in [5.41, 5.74) is -0.386. The van der Waals surface area contributed by atoms with Gasteiger partial charge < -0.3 is 9.67 Å². The third kappa shape index (κ3) is 2.66. The maximum absolute atomic E-state index is 10.8. The zero-order valence-electron chi connectivity index (χ0n) is 7.51. The van der Waals surface area contributed by atoms with Gasteiger partial charge in [0.1, 0.15) is 5.69 Å². The second kappa shape index (κ2) is 4.26. The minimum atomic E-state index is -1.21. The van der Waals surface area contributed by atoms with E-state index in [0.717, 1.165) is 12.3 Å². The monoisotopic (exact) mass is 274 g/mol. The van der Waals surface area contributed by atoms with E-state index in [0.29, 0.717) is 4.48 Å². The summed E-state index contributed by atoms with van der Waals surface area (Å²) in [5.74, 6) is -1.21. The summed E-state index contributed by atoms with van der Waals surface area (Å²) in [6, 6.07) is 1.01. The molecule has 0 amide bonds. The molecule has 0 saturated carbocycles. The highest BCUT2D eigenvalue weighted by Gasteiger charge is 2.18. The van der Waals surface area contributed by atoms with Crippen molar-refractivity contribution in [2.75, 3.05) is 0 Å². The molecule has 0 aliphatic heterocycles. The highest BCUT2D eigenvalue weighted by atomic mass is 79.9. The molecule has 0 fully saturated rings. The highest BCUT2D eigenvalue weighted by Crippen LogP contribution is 2.18. The fourth-order valence-electron chi connectivity index (χ4n) is 1.09. The first-order chi connectivity index (χ1) is 6.91. The number of carboxylic acids is 1. The minimum Gasteiger partial charge on any atom is -0.477 e. The summed E-state index contributed by atoms with van der Waals surface area (Å²) in [6.07, 6.45) is 1.16. The molecule has 1 rings (SSSR count). The van der Waals surface area contributed by atoms with E-state index >= 15 is 0 Å². The molecule has 0 atom stereocenters. The molecule has 80 valence electrons. The van der Waals surface area contributed by atoms with Crippen LogP contribution in [0, 0.1) is 10.1 Å². The number of hydrogen-bond acceptors (Lipinski definition) is 3. The predicted octanol–water partition coefficient (Wildman–Crippen LogP) is 2.00. The van der Waals surface area contributed by atoms with Gasteiger partial charge in [-0.05, 0) is 0 Å². The zero-order chi connectivity index (χ0) is 11.6. The van der Waals surface area contributed by atoms with Crippen molar-refractivity contribution in [3.8, 4) is 0 Å². The molecule has 0 aliphatic rings. The van der Waals surface area contributed by atoms with Crippen molar-refractivity contribution in [2.24, 2.45) is 0 Å². The molecule has 1 aromatic heterocycles. The number of aromatic nitrogens is 1. The van der Waals surface area contributed by atoms with Crippen LogP contribution in [0.15, 0.2) is 23.3 Å². The van der Waals surface area contributed by atoms with Crippen LogP contribution in [0.25, 0.3) is 0 Å². The fraction of sp³-hybridized carbons (Fsp3) is 0.125. The van der Waals surface area contributed by atoms with E-state index in [-0.39, 0.29) is 17.9 Å². The Morgan fingerprint density at radius 1 is 1.73 bits per heavy atom. The molecule has 0 aromatic carbocycles. The van der Waals surface area contributed by atoms with Gasteiger partial charge in [-0.25, -0.2) is 4.79 Å². The Labute approximate surface area is 93.1 Å². The predicted molar refractivity (Wildman–Crippen MR) is 56.1 cm³/mol. The number of aromatic carboxylic acids is 1. The second-order valence-electron chi connectivity index (χ2n) is 2.79. The third-order valence-corrected chi connectivity index (χ3v) is 1.90. The molecule has 0 aliphatic carbocycles. The first kappa shape index (κ1) is 11.4. The van der Waals surface area contributed by atoms with Crippen LogP contribution < -0.4 is 0 Å². The van der Waals surface area contributed by atoms with Crippen LogP contribution in [0.2, 0.25) is 0 Å². The molecule has 1 heterocycles.